The van der Waals surface area contributed by atoms with Crippen molar-refractivity contribution in [3.63, 3.8) is 0 Å². The monoisotopic (exact) mass is 196 g/mol. The molecule has 0 bridgehead atoms. The van der Waals surface area contributed by atoms with E-state index in [2.05, 4.69) is 5.92 Å². The second-order valence-electron chi connectivity index (χ2n) is 3.62. The molecule has 1 fully saturated rings. The van der Waals surface area contributed by atoms with Crippen molar-refractivity contribution in [1.82, 2.24) is 0 Å². The third kappa shape index (κ3) is 2.49. The number of carbonyl (C=O) groups is 1. The van der Waals surface area contributed by atoms with Crippen LogP contribution in [0.25, 0.3) is 0 Å². The maximum absolute atomic E-state index is 11.0. The van der Waals surface area contributed by atoms with Crippen molar-refractivity contribution in [2.24, 2.45) is 0 Å². The number of hydrogen-bond donors (Lipinski definition) is 0. The van der Waals surface area contributed by atoms with Gasteiger partial charge in [-0.25, -0.2) is 0 Å². The van der Waals surface area contributed by atoms with Gasteiger partial charge in [0.1, 0.15) is 6.61 Å². The highest BCUT2D eigenvalue weighted by Crippen LogP contribution is 2.29. The highest BCUT2D eigenvalue weighted by molar-refractivity contribution is 5.68. The quantitative estimate of drug-likeness (QED) is 0.507. The van der Waals surface area contributed by atoms with E-state index in [1.54, 1.807) is 6.92 Å². The summed E-state index contributed by atoms with van der Waals surface area (Å²) in [5, 5.41) is 0. The third-order valence-electron chi connectivity index (χ3n) is 2.40. The maximum Gasteiger partial charge on any atom is 0.305 e. The Kier molecular flexibility index (Phi) is 3.54. The van der Waals surface area contributed by atoms with Gasteiger partial charge in [0.25, 0.3) is 0 Å². The Hall–Kier alpha value is -1.01. The van der Waals surface area contributed by atoms with Crippen molar-refractivity contribution < 1.29 is 14.3 Å². The molecule has 0 spiro atoms. The lowest BCUT2D eigenvalue weighted by atomic mass is 10.0. The van der Waals surface area contributed by atoms with E-state index in [1.807, 2.05) is 6.92 Å². The van der Waals surface area contributed by atoms with Gasteiger partial charge in [0.05, 0.1) is 6.10 Å². The summed E-state index contributed by atoms with van der Waals surface area (Å²) >= 11 is 0. The van der Waals surface area contributed by atoms with E-state index < -0.39 is 5.60 Å². The Morgan fingerprint density at radius 1 is 1.79 bits per heavy atom. The molecule has 0 aromatic rings. The summed E-state index contributed by atoms with van der Waals surface area (Å²) in [5.41, 5.74) is -0.676. The first kappa shape index (κ1) is 11.1. The number of esters is 1. The molecule has 0 N–H and O–H groups in total. The van der Waals surface area contributed by atoms with Crippen LogP contribution in [-0.2, 0) is 14.3 Å². The summed E-state index contributed by atoms with van der Waals surface area (Å²) in [5.74, 6) is 2.35. The van der Waals surface area contributed by atoms with Crippen molar-refractivity contribution in [3.05, 3.63) is 0 Å². The zero-order valence-electron chi connectivity index (χ0n) is 8.71. The molecule has 0 aromatic heterocycles. The first-order valence-electron chi connectivity index (χ1n) is 4.93. The maximum atomic E-state index is 11.0. The van der Waals surface area contributed by atoms with Gasteiger partial charge in [-0.15, -0.1) is 6.42 Å². The van der Waals surface area contributed by atoms with Crippen LogP contribution in [0.3, 0.4) is 0 Å². The highest BCUT2D eigenvalue weighted by atomic mass is 16.6. The molecule has 1 aliphatic rings. The lowest BCUT2D eigenvalue weighted by molar-refractivity contribution is -0.150. The van der Waals surface area contributed by atoms with Crippen LogP contribution in [-0.4, -0.2) is 24.3 Å². The molecule has 0 aliphatic carbocycles. The summed E-state index contributed by atoms with van der Waals surface area (Å²) < 4.78 is 10.6. The Bertz CT molecular complexity index is 254. The van der Waals surface area contributed by atoms with Gasteiger partial charge in [-0.3, -0.25) is 4.79 Å². The van der Waals surface area contributed by atoms with E-state index in [9.17, 15) is 4.79 Å². The smallest absolute Gasteiger partial charge is 0.305 e. The largest absolute Gasteiger partial charge is 0.462 e. The average Bonchev–Trinajstić information content (AvgIpc) is 2.57. The fourth-order valence-corrected chi connectivity index (χ4v) is 1.49. The fraction of sp³-hybridized carbons (Fsp3) is 0.727. The van der Waals surface area contributed by atoms with Gasteiger partial charge >= 0.3 is 5.97 Å². The average molecular weight is 196 g/mol. The van der Waals surface area contributed by atoms with Gasteiger partial charge in [0.2, 0.25) is 0 Å². The molecule has 0 saturated carbocycles. The molecular weight excluding hydrogens is 180 g/mol. The van der Waals surface area contributed by atoms with Crippen LogP contribution in [0, 0.1) is 12.3 Å². The van der Waals surface area contributed by atoms with Gasteiger partial charge < -0.3 is 9.47 Å². The molecule has 1 saturated heterocycles. The summed E-state index contributed by atoms with van der Waals surface area (Å²) in [6.45, 7) is 3.91. The summed E-state index contributed by atoms with van der Waals surface area (Å²) in [7, 11) is 0. The van der Waals surface area contributed by atoms with E-state index in [4.69, 9.17) is 15.9 Å². The second kappa shape index (κ2) is 4.47. The molecule has 0 radical (unpaired) electrons. The first-order valence-corrected chi connectivity index (χ1v) is 4.93. The van der Waals surface area contributed by atoms with Crippen LogP contribution in [0.1, 0.15) is 33.1 Å². The van der Waals surface area contributed by atoms with E-state index in [0.29, 0.717) is 6.42 Å². The standard InChI is InChI=1S/C11H16O3/c1-4-10(12)13-8-11(5-2)7-6-9(3)14-11/h2,9H,4,6-8H2,1,3H3/t9-,11?/m0/s1. The van der Waals surface area contributed by atoms with Gasteiger partial charge in [-0.05, 0) is 19.8 Å². The topological polar surface area (TPSA) is 35.5 Å². The molecule has 3 nitrogen and oxygen atoms in total. The molecule has 2 atom stereocenters. The summed E-state index contributed by atoms with van der Waals surface area (Å²) in [6.07, 6.45) is 7.61. The van der Waals surface area contributed by atoms with Crippen molar-refractivity contribution in [2.45, 2.75) is 44.8 Å². The van der Waals surface area contributed by atoms with E-state index in [-0.39, 0.29) is 18.7 Å². The lowest BCUT2D eigenvalue weighted by Crippen LogP contribution is -2.33. The molecule has 0 aromatic carbocycles. The Labute approximate surface area is 84.8 Å². The molecule has 14 heavy (non-hydrogen) atoms. The van der Waals surface area contributed by atoms with Gasteiger partial charge in [-0.2, -0.15) is 0 Å². The van der Waals surface area contributed by atoms with Crippen LogP contribution in [0.2, 0.25) is 0 Å². The fourth-order valence-electron chi connectivity index (χ4n) is 1.49. The number of ether oxygens (including phenoxy) is 2. The minimum absolute atomic E-state index is 0.159. The number of rotatable bonds is 3. The predicted molar refractivity (Wildman–Crippen MR) is 52.6 cm³/mol. The van der Waals surface area contributed by atoms with Crippen molar-refractivity contribution in [2.75, 3.05) is 6.61 Å². The Morgan fingerprint density at radius 3 is 2.93 bits per heavy atom. The predicted octanol–water partition coefficient (Wildman–Crippen LogP) is 1.51. The van der Waals surface area contributed by atoms with Crippen molar-refractivity contribution >= 4 is 5.97 Å². The highest BCUT2D eigenvalue weighted by Gasteiger charge is 2.38. The third-order valence-corrected chi connectivity index (χ3v) is 2.40. The minimum atomic E-state index is -0.676. The molecule has 1 aliphatic heterocycles. The molecule has 0 amide bonds. The SMILES string of the molecule is C#CC1(COC(=O)CC)CC[C@H](C)O1. The zero-order chi connectivity index (χ0) is 10.6. The van der Waals surface area contributed by atoms with Crippen LogP contribution in [0.4, 0.5) is 0 Å². The van der Waals surface area contributed by atoms with E-state index in [1.165, 1.54) is 0 Å². The molecule has 1 rings (SSSR count). The normalized spacial score (nSPS) is 31.1. The van der Waals surface area contributed by atoms with Crippen LogP contribution >= 0.6 is 0 Å². The second-order valence-corrected chi connectivity index (χ2v) is 3.62. The van der Waals surface area contributed by atoms with Crippen molar-refractivity contribution in [3.8, 4) is 12.3 Å². The van der Waals surface area contributed by atoms with Crippen LogP contribution in [0.15, 0.2) is 0 Å². The van der Waals surface area contributed by atoms with Crippen LogP contribution < -0.4 is 0 Å². The first-order chi connectivity index (χ1) is 6.62. The Balaban J connectivity index is 2.48. The van der Waals surface area contributed by atoms with Gasteiger partial charge in [-0.1, -0.05) is 12.8 Å². The van der Waals surface area contributed by atoms with Gasteiger partial charge in [0.15, 0.2) is 5.60 Å². The number of terminal acetylenes is 1. The van der Waals surface area contributed by atoms with Gasteiger partial charge in [0, 0.05) is 6.42 Å². The molecule has 3 heteroatoms. The molecule has 1 unspecified atom stereocenters. The summed E-state index contributed by atoms with van der Waals surface area (Å²) in [4.78, 5) is 11.0. The lowest BCUT2D eigenvalue weighted by Gasteiger charge is -2.22. The van der Waals surface area contributed by atoms with Crippen molar-refractivity contribution in [1.29, 1.82) is 0 Å². The number of hydrogen-bond acceptors (Lipinski definition) is 3. The zero-order valence-corrected chi connectivity index (χ0v) is 8.71. The molecule has 1 heterocycles. The van der Waals surface area contributed by atoms with E-state index >= 15 is 0 Å². The Morgan fingerprint density at radius 2 is 2.50 bits per heavy atom. The number of carbonyl (C=O) groups excluding carboxylic acids is 1. The summed E-state index contributed by atoms with van der Waals surface area (Å²) in [6, 6.07) is 0. The van der Waals surface area contributed by atoms with Crippen LogP contribution in [0.5, 0.6) is 0 Å². The van der Waals surface area contributed by atoms with E-state index in [0.717, 1.165) is 12.8 Å². The minimum Gasteiger partial charge on any atom is -0.462 e. The molecule has 78 valence electrons. The molecular formula is C11H16O3.